The lowest BCUT2D eigenvalue weighted by atomic mass is 9.93. The lowest BCUT2D eigenvalue weighted by Gasteiger charge is -2.28. The van der Waals surface area contributed by atoms with Gasteiger partial charge in [-0.3, -0.25) is 14.5 Å². The average molecular weight is 532 g/mol. The summed E-state index contributed by atoms with van der Waals surface area (Å²) in [5.74, 6) is -4.25. The third-order valence-corrected chi connectivity index (χ3v) is 6.34. The lowest BCUT2D eigenvalue weighted by Crippen LogP contribution is -2.42. The number of aliphatic hydroxyl groups is 1. The van der Waals surface area contributed by atoms with Gasteiger partial charge in [-0.2, -0.15) is 5.10 Å². The molecule has 1 aliphatic carbocycles. The molecule has 0 aromatic carbocycles. The molecule has 1 aliphatic rings. The maximum absolute atomic E-state index is 10.3. The summed E-state index contributed by atoms with van der Waals surface area (Å²) in [4.78, 5) is 37.2. The minimum atomic E-state index is -2.74. The summed E-state index contributed by atoms with van der Waals surface area (Å²) < 4.78 is 4.02. The van der Waals surface area contributed by atoms with Crippen LogP contribution < -0.4 is 0 Å². The second-order valence-corrected chi connectivity index (χ2v) is 9.40. The zero-order valence-electron chi connectivity index (χ0n) is 21.6. The van der Waals surface area contributed by atoms with E-state index in [-0.39, 0.29) is 0 Å². The smallest absolute Gasteiger partial charge is 0.336 e. The van der Waals surface area contributed by atoms with Crippen molar-refractivity contribution in [3.8, 4) is 0 Å². The normalized spacial score (nSPS) is 15.1. The van der Waals surface area contributed by atoms with Crippen molar-refractivity contribution in [1.29, 1.82) is 0 Å². The van der Waals surface area contributed by atoms with Crippen LogP contribution in [0.5, 0.6) is 0 Å². The van der Waals surface area contributed by atoms with E-state index < -0.39 is 36.4 Å². The van der Waals surface area contributed by atoms with Gasteiger partial charge in [0.2, 0.25) is 0 Å². The zero-order valence-corrected chi connectivity index (χ0v) is 21.6. The van der Waals surface area contributed by atoms with Gasteiger partial charge in [-0.25, -0.2) is 14.5 Å². The van der Waals surface area contributed by atoms with Gasteiger partial charge in [-0.05, 0) is 38.5 Å². The highest BCUT2D eigenvalue weighted by Gasteiger charge is 2.40. The monoisotopic (exact) mass is 531 g/mol. The van der Waals surface area contributed by atoms with Crippen LogP contribution in [0.4, 0.5) is 0 Å². The fourth-order valence-electron chi connectivity index (χ4n) is 4.27. The number of nitrogens with zero attached hydrogens (tertiary/aromatic N) is 5. The molecule has 0 amide bonds. The van der Waals surface area contributed by atoms with Crippen LogP contribution in [-0.2, 0) is 27.5 Å². The van der Waals surface area contributed by atoms with Crippen molar-refractivity contribution in [2.45, 2.75) is 64.1 Å². The zero-order chi connectivity index (χ0) is 28.1. The number of aryl methyl sites for hydroxylation is 1. The molecular weight excluding hydrogens is 494 g/mol. The number of carboxylic acids is 3. The molecule has 12 heteroatoms. The van der Waals surface area contributed by atoms with E-state index in [1.54, 1.807) is 6.20 Å². The number of imidazole rings is 1. The minimum absolute atomic E-state index is 0.771. The molecule has 0 saturated carbocycles. The van der Waals surface area contributed by atoms with Gasteiger partial charge in [0.25, 0.3) is 0 Å². The third-order valence-electron chi connectivity index (χ3n) is 6.34. The molecule has 1 unspecified atom stereocenters. The van der Waals surface area contributed by atoms with Crippen molar-refractivity contribution < 1.29 is 34.8 Å². The molecule has 12 nitrogen and oxygen atoms in total. The largest absolute Gasteiger partial charge is 0.481 e. The minimum Gasteiger partial charge on any atom is -0.481 e. The number of aliphatic carboxylic acids is 3. The molecule has 2 aromatic rings. The number of allylic oxidation sites excluding steroid dienone is 2. The molecule has 1 atom stereocenters. The van der Waals surface area contributed by atoms with Gasteiger partial charge in [0.1, 0.15) is 0 Å². The van der Waals surface area contributed by atoms with Crippen LogP contribution in [0.25, 0.3) is 6.20 Å². The summed E-state index contributed by atoms with van der Waals surface area (Å²) in [5.41, 5.74) is -0.246. The van der Waals surface area contributed by atoms with E-state index in [1.165, 1.54) is 30.5 Å². The lowest BCUT2D eigenvalue weighted by molar-refractivity contribution is -0.170. The summed E-state index contributed by atoms with van der Waals surface area (Å²) in [6.07, 6.45) is 16.8. The third kappa shape index (κ3) is 9.94. The molecule has 3 rings (SSSR count). The summed E-state index contributed by atoms with van der Waals surface area (Å²) in [6, 6.07) is 0. The van der Waals surface area contributed by atoms with Crippen LogP contribution >= 0.6 is 0 Å². The molecule has 0 fully saturated rings. The second kappa shape index (κ2) is 14.8. The summed E-state index contributed by atoms with van der Waals surface area (Å²) in [6.45, 7) is 10.2. The van der Waals surface area contributed by atoms with Crippen LogP contribution in [0.2, 0.25) is 0 Å². The Hall–Kier alpha value is -3.77. The van der Waals surface area contributed by atoms with Gasteiger partial charge in [0.15, 0.2) is 5.60 Å². The molecule has 38 heavy (non-hydrogen) atoms. The number of carbonyl (C=O) groups is 3. The van der Waals surface area contributed by atoms with E-state index in [0.29, 0.717) is 0 Å². The van der Waals surface area contributed by atoms with Crippen LogP contribution in [0.15, 0.2) is 43.6 Å². The fourth-order valence-corrected chi connectivity index (χ4v) is 4.27. The van der Waals surface area contributed by atoms with Gasteiger partial charge in [-0.15, -0.1) is 0 Å². The second-order valence-electron chi connectivity index (χ2n) is 9.40. The van der Waals surface area contributed by atoms with E-state index in [0.717, 1.165) is 38.5 Å². The van der Waals surface area contributed by atoms with Crippen molar-refractivity contribution in [1.82, 2.24) is 24.2 Å². The van der Waals surface area contributed by atoms with E-state index in [1.807, 2.05) is 29.6 Å². The Kier molecular flexibility index (Phi) is 11.9. The maximum atomic E-state index is 10.3. The van der Waals surface area contributed by atoms with Crippen LogP contribution in [0, 0.1) is 12.8 Å². The first-order valence-corrected chi connectivity index (χ1v) is 12.4. The Morgan fingerprint density at radius 3 is 2.42 bits per heavy atom. The quantitative estimate of drug-likeness (QED) is 0.265. The molecule has 0 aliphatic heterocycles. The SMILES string of the molecule is C=Cn1ncc(CN(CCCn2ccnc2)CC2CC=CCC2)c1C.O=C(O)CC(O)(CC(=O)O)C(=O)O. The topological polar surface area (TPSA) is 171 Å². The number of hydrogen-bond acceptors (Lipinski definition) is 7. The van der Waals surface area contributed by atoms with E-state index in [2.05, 4.69) is 45.2 Å². The van der Waals surface area contributed by atoms with Gasteiger partial charge in [0.05, 0.1) is 25.4 Å². The predicted molar refractivity (Wildman–Crippen MR) is 139 cm³/mol. The van der Waals surface area contributed by atoms with Crippen molar-refractivity contribution >= 4 is 24.1 Å². The standard InChI is InChI=1S/C20H29N5.C6H8O7/c1-3-25-18(2)20(14-22-25)16-24(15-19-8-5-4-6-9-19)12-7-11-23-13-10-21-17-23;7-3(8)1-6(13,5(11)12)2-4(9)10/h3-5,10,13-14,17,19H,1,6-9,11-12,15-16H2,2H3;13H,1-2H2,(H,7,8)(H,9,10)(H,11,12). The van der Waals surface area contributed by atoms with Crippen molar-refractivity contribution in [3.05, 3.63) is 54.9 Å². The molecule has 0 bridgehead atoms. The average Bonchev–Trinajstić information content (AvgIpc) is 3.49. The van der Waals surface area contributed by atoms with Crippen LogP contribution in [0.1, 0.15) is 49.8 Å². The Morgan fingerprint density at radius 2 is 1.92 bits per heavy atom. The van der Waals surface area contributed by atoms with Crippen LogP contribution in [-0.4, -0.2) is 81.3 Å². The van der Waals surface area contributed by atoms with E-state index in [4.69, 9.17) is 20.4 Å². The molecule has 2 heterocycles. The Labute approximate surface area is 221 Å². The highest BCUT2D eigenvalue weighted by Crippen LogP contribution is 2.21. The van der Waals surface area contributed by atoms with Gasteiger partial charge < -0.3 is 25.0 Å². The van der Waals surface area contributed by atoms with E-state index >= 15 is 0 Å². The summed E-state index contributed by atoms with van der Waals surface area (Å²) in [5, 5.41) is 38.2. The molecule has 4 N–H and O–H groups in total. The molecule has 208 valence electrons. The first kappa shape index (κ1) is 30.5. The number of rotatable bonds is 14. The molecule has 0 saturated heterocycles. The Balaban J connectivity index is 0.000000332. The summed E-state index contributed by atoms with van der Waals surface area (Å²) in [7, 11) is 0. The number of aromatic nitrogens is 4. The fraction of sp³-hybridized carbons (Fsp3) is 0.500. The van der Waals surface area contributed by atoms with Crippen LogP contribution in [0.3, 0.4) is 0 Å². The van der Waals surface area contributed by atoms with Gasteiger partial charge in [0, 0.05) is 56.0 Å². The Morgan fingerprint density at radius 1 is 1.21 bits per heavy atom. The number of carboxylic acid groups (broad SMARTS) is 3. The van der Waals surface area contributed by atoms with Crippen molar-refractivity contribution in [2.75, 3.05) is 13.1 Å². The van der Waals surface area contributed by atoms with Crippen molar-refractivity contribution in [2.24, 2.45) is 5.92 Å². The van der Waals surface area contributed by atoms with Crippen molar-refractivity contribution in [3.63, 3.8) is 0 Å². The maximum Gasteiger partial charge on any atom is 0.336 e. The Bertz CT molecular complexity index is 1080. The van der Waals surface area contributed by atoms with Gasteiger partial charge in [-0.1, -0.05) is 18.7 Å². The first-order chi connectivity index (χ1) is 18.0. The first-order valence-electron chi connectivity index (χ1n) is 12.4. The molecule has 0 spiro atoms. The van der Waals surface area contributed by atoms with Gasteiger partial charge >= 0.3 is 17.9 Å². The number of hydrogen-bond donors (Lipinski definition) is 4. The molecule has 2 aromatic heterocycles. The highest BCUT2D eigenvalue weighted by molar-refractivity contribution is 5.88. The highest BCUT2D eigenvalue weighted by atomic mass is 16.4. The molecular formula is C26H37N5O7. The summed E-state index contributed by atoms with van der Waals surface area (Å²) >= 11 is 0. The molecule has 0 radical (unpaired) electrons. The van der Waals surface area contributed by atoms with E-state index in [9.17, 15) is 14.4 Å². The predicted octanol–water partition coefficient (Wildman–Crippen LogP) is 2.49.